The molecule has 9 nitrogen and oxygen atoms in total. The summed E-state index contributed by atoms with van der Waals surface area (Å²) in [4.78, 5) is 25.3. The quantitative estimate of drug-likeness (QED) is 0.250. The molecule has 0 radical (unpaired) electrons. The summed E-state index contributed by atoms with van der Waals surface area (Å²) in [5, 5.41) is 0. The van der Waals surface area contributed by atoms with Gasteiger partial charge < -0.3 is 9.88 Å². The monoisotopic (exact) mass is 606 g/mol. The van der Waals surface area contributed by atoms with Crippen LogP contribution in [0, 0.1) is 0 Å². The minimum atomic E-state index is -3.39. The van der Waals surface area contributed by atoms with Crippen molar-refractivity contribution in [2.75, 3.05) is 29.0 Å². The van der Waals surface area contributed by atoms with Crippen LogP contribution in [0.3, 0.4) is 0 Å². The van der Waals surface area contributed by atoms with Crippen molar-refractivity contribution in [3.8, 4) is 0 Å². The van der Waals surface area contributed by atoms with E-state index in [-0.39, 0.29) is 11.7 Å². The van der Waals surface area contributed by atoms with Crippen molar-refractivity contribution in [2.45, 2.75) is 32.0 Å². The highest BCUT2D eigenvalue weighted by Gasteiger charge is 2.25. The van der Waals surface area contributed by atoms with E-state index >= 15 is 0 Å². The van der Waals surface area contributed by atoms with Crippen molar-refractivity contribution in [3.63, 3.8) is 0 Å². The summed E-state index contributed by atoms with van der Waals surface area (Å²) < 4.78 is 28.2. The maximum Gasteiger partial charge on any atom is 0.326 e. The number of rotatable bonds is 7. The van der Waals surface area contributed by atoms with Gasteiger partial charge in [-0.3, -0.25) is 14.2 Å². The number of imidazole rings is 1. The Morgan fingerprint density at radius 1 is 0.909 bits per heavy atom. The first-order chi connectivity index (χ1) is 21.3. The van der Waals surface area contributed by atoms with Gasteiger partial charge in [0.15, 0.2) is 0 Å². The van der Waals surface area contributed by atoms with E-state index in [9.17, 15) is 13.2 Å². The van der Waals surface area contributed by atoms with Crippen LogP contribution < -0.4 is 15.3 Å². The van der Waals surface area contributed by atoms with E-state index < -0.39 is 10.0 Å². The van der Waals surface area contributed by atoms with Gasteiger partial charge in [0.2, 0.25) is 10.0 Å². The molecule has 0 amide bonds. The summed E-state index contributed by atoms with van der Waals surface area (Å²) in [6.45, 7) is 3.26. The second-order valence-electron chi connectivity index (χ2n) is 11.6. The smallest absolute Gasteiger partial charge is 0.321 e. The molecule has 0 unspecified atom stereocenters. The Morgan fingerprint density at radius 2 is 1.64 bits per heavy atom. The number of hydrogen-bond donors (Lipinski definition) is 2. The van der Waals surface area contributed by atoms with Gasteiger partial charge in [-0.05, 0) is 66.4 Å². The number of nitrogens with zero attached hydrogens (tertiary/aromatic N) is 4. The number of aromatic amines is 1. The zero-order valence-electron chi connectivity index (χ0n) is 24.5. The Labute approximate surface area is 256 Å². The van der Waals surface area contributed by atoms with Crippen LogP contribution >= 0.6 is 0 Å². The van der Waals surface area contributed by atoms with Crippen LogP contribution in [0.1, 0.15) is 35.6 Å². The van der Waals surface area contributed by atoms with E-state index in [2.05, 4.69) is 55.9 Å². The number of aromatic nitrogens is 2. The first-order valence-corrected chi connectivity index (χ1v) is 16.7. The van der Waals surface area contributed by atoms with Gasteiger partial charge in [-0.15, -0.1) is 0 Å². The molecule has 1 aromatic heterocycles. The molecule has 2 aliphatic rings. The lowest BCUT2D eigenvalue weighted by molar-refractivity contribution is 0.180. The molecule has 4 aromatic carbocycles. The SMILES string of the molecule is CS(=O)(=O)Nc1ccc2c(c1)CN(c1ccc(CN3CCC(n4c(=O)[nH]c5ccccc54)CC3)cc1)C(c1ccccc1)=N2. The van der Waals surface area contributed by atoms with Crippen LogP contribution in [0.5, 0.6) is 0 Å². The maximum atomic E-state index is 12.7. The standard InChI is InChI=1S/C34H34N6O3S/c1-44(42,43)37-27-13-16-30-26(21-27)23-39(33(35-30)25-7-3-2-4-8-25)28-14-11-24(12-15-28)22-38-19-17-29(18-20-38)40-32-10-6-5-9-31(32)36-34(40)41/h2-16,21,29,37H,17-20,22-23H2,1H3,(H,36,41). The summed E-state index contributed by atoms with van der Waals surface area (Å²) in [5.74, 6) is 0.851. The number of amidine groups is 1. The number of sulfonamides is 1. The Bertz CT molecular complexity index is 2010. The Kier molecular flexibility index (Phi) is 7.31. The zero-order chi connectivity index (χ0) is 30.3. The topological polar surface area (TPSA) is 103 Å². The molecule has 1 saturated heterocycles. The molecule has 224 valence electrons. The minimum absolute atomic E-state index is 0.0260. The number of H-pyrrole nitrogens is 1. The predicted octanol–water partition coefficient (Wildman–Crippen LogP) is 5.64. The van der Waals surface area contributed by atoms with Gasteiger partial charge in [0.1, 0.15) is 5.84 Å². The molecule has 0 spiro atoms. The fourth-order valence-corrected chi connectivity index (χ4v) is 6.91. The lowest BCUT2D eigenvalue weighted by atomic mass is 10.0. The predicted molar refractivity (Wildman–Crippen MR) is 176 cm³/mol. The van der Waals surface area contributed by atoms with Crippen molar-refractivity contribution < 1.29 is 8.42 Å². The highest BCUT2D eigenvalue weighted by molar-refractivity contribution is 7.92. The van der Waals surface area contributed by atoms with Crippen LogP contribution in [0.25, 0.3) is 11.0 Å². The molecule has 44 heavy (non-hydrogen) atoms. The zero-order valence-corrected chi connectivity index (χ0v) is 25.3. The van der Waals surface area contributed by atoms with Gasteiger partial charge in [-0.2, -0.15) is 0 Å². The van der Waals surface area contributed by atoms with E-state index in [0.29, 0.717) is 12.2 Å². The van der Waals surface area contributed by atoms with Crippen molar-refractivity contribution in [2.24, 2.45) is 4.99 Å². The summed E-state index contributed by atoms with van der Waals surface area (Å²) in [6.07, 6.45) is 3.01. The normalized spacial score (nSPS) is 16.1. The molecule has 7 rings (SSSR count). The number of piperidine rings is 1. The Hall–Kier alpha value is -4.67. The second-order valence-corrected chi connectivity index (χ2v) is 13.3. The third kappa shape index (κ3) is 5.78. The summed E-state index contributed by atoms with van der Waals surface area (Å²) in [7, 11) is -3.39. The molecule has 0 atom stereocenters. The fraction of sp³-hybridized carbons (Fsp3) is 0.235. The van der Waals surface area contributed by atoms with Crippen molar-refractivity contribution in [1.29, 1.82) is 0 Å². The summed E-state index contributed by atoms with van der Waals surface area (Å²) >= 11 is 0. The number of benzene rings is 4. The maximum absolute atomic E-state index is 12.7. The number of para-hydroxylation sites is 2. The number of anilines is 2. The van der Waals surface area contributed by atoms with Gasteiger partial charge in [-0.1, -0.05) is 54.6 Å². The number of hydrogen-bond acceptors (Lipinski definition) is 6. The van der Waals surface area contributed by atoms with Gasteiger partial charge in [0, 0.05) is 42.6 Å². The van der Waals surface area contributed by atoms with Gasteiger partial charge >= 0.3 is 5.69 Å². The van der Waals surface area contributed by atoms with Crippen molar-refractivity contribution in [1.82, 2.24) is 14.5 Å². The molecule has 1 fully saturated rings. The molecule has 0 bridgehead atoms. The van der Waals surface area contributed by atoms with Crippen molar-refractivity contribution in [3.05, 3.63) is 124 Å². The molecule has 3 heterocycles. The molecule has 0 aliphatic carbocycles. The molecular weight excluding hydrogens is 572 g/mol. The minimum Gasteiger partial charge on any atom is -0.321 e. The average Bonchev–Trinajstić information content (AvgIpc) is 3.36. The van der Waals surface area contributed by atoms with Gasteiger partial charge in [0.25, 0.3) is 0 Å². The molecule has 5 aromatic rings. The van der Waals surface area contributed by atoms with E-state index in [0.717, 1.165) is 78.1 Å². The molecular formula is C34H34N6O3S. The second kappa shape index (κ2) is 11.4. The lowest BCUT2D eigenvalue weighted by Gasteiger charge is -2.33. The van der Waals surface area contributed by atoms with Crippen LogP contribution in [0.4, 0.5) is 17.1 Å². The first kappa shape index (κ1) is 28.1. The van der Waals surface area contributed by atoms with E-state index in [4.69, 9.17) is 4.99 Å². The highest BCUT2D eigenvalue weighted by atomic mass is 32.2. The lowest BCUT2D eigenvalue weighted by Crippen LogP contribution is -2.36. The first-order valence-electron chi connectivity index (χ1n) is 14.8. The fourth-order valence-electron chi connectivity index (χ4n) is 6.35. The number of aliphatic imine (C=N–C) groups is 1. The van der Waals surface area contributed by atoms with E-state index in [1.807, 2.05) is 59.2 Å². The number of fused-ring (bicyclic) bond motifs is 2. The largest absolute Gasteiger partial charge is 0.326 e. The molecule has 10 heteroatoms. The summed E-state index contributed by atoms with van der Waals surface area (Å²) in [5.41, 5.74) is 7.40. The van der Waals surface area contributed by atoms with Gasteiger partial charge in [-0.25, -0.2) is 18.2 Å². The Balaban J connectivity index is 1.08. The van der Waals surface area contributed by atoms with Gasteiger partial charge in [0.05, 0.1) is 29.5 Å². The Morgan fingerprint density at radius 3 is 2.39 bits per heavy atom. The van der Waals surface area contributed by atoms with Crippen molar-refractivity contribution >= 4 is 44.0 Å². The summed E-state index contributed by atoms with van der Waals surface area (Å²) in [6, 6.07) is 32.3. The third-order valence-corrected chi connectivity index (χ3v) is 9.03. The third-order valence-electron chi connectivity index (χ3n) is 8.43. The van der Waals surface area contributed by atoms with Crippen LogP contribution in [0.2, 0.25) is 0 Å². The number of likely N-dealkylation sites (tertiary alicyclic amines) is 1. The molecule has 0 saturated carbocycles. The van der Waals surface area contributed by atoms with E-state index in [1.54, 1.807) is 6.07 Å². The molecule has 2 N–H and O–H groups in total. The molecule has 2 aliphatic heterocycles. The van der Waals surface area contributed by atoms with Crippen LogP contribution in [-0.4, -0.2) is 48.0 Å². The van der Waals surface area contributed by atoms with E-state index in [1.165, 1.54) is 5.56 Å². The number of nitrogens with one attached hydrogen (secondary N) is 2. The van der Waals surface area contributed by atoms with Crippen LogP contribution in [0.15, 0.2) is 107 Å². The average molecular weight is 607 g/mol. The van der Waals surface area contributed by atoms with Crippen LogP contribution in [-0.2, 0) is 23.1 Å². The highest BCUT2D eigenvalue weighted by Crippen LogP contribution is 2.34.